The van der Waals surface area contributed by atoms with Crippen LogP contribution in [-0.4, -0.2) is 11.7 Å². The Hall–Kier alpha value is -0.300. The van der Waals surface area contributed by atoms with E-state index in [0.717, 1.165) is 0 Å². The summed E-state index contributed by atoms with van der Waals surface area (Å²) in [7, 11) is 0. The Morgan fingerprint density at radius 3 is 2.91 bits per heavy atom. The van der Waals surface area contributed by atoms with E-state index in [4.69, 9.17) is 4.74 Å². The van der Waals surface area contributed by atoms with Crippen molar-refractivity contribution in [2.24, 2.45) is 5.92 Å². The quantitative estimate of drug-likeness (QED) is 0.415. The Bertz CT molecular complexity index is 205. The average Bonchev–Trinajstić information content (AvgIpc) is 2.58. The Kier molecular flexibility index (Phi) is 1.40. The first kappa shape index (κ1) is 7.35. The molecule has 0 aromatic heterocycles. The van der Waals surface area contributed by atoms with Crippen LogP contribution in [0.25, 0.3) is 0 Å². The molecule has 0 bridgehead atoms. The van der Waals surface area contributed by atoms with Crippen molar-refractivity contribution in [1.82, 2.24) is 0 Å². The fourth-order valence-corrected chi connectivity index (χ4v) is 1.82. The summed E-state index contributed by atoms with van der Waals surface area (Å²) in [5.74, 6) is 0.712. The van der Waals surface area contributed by atoms with E-state index in [1.807, 2.05) is 0 Å². The molecule has 1 heteroatoms. The molecule has 11 heavy (non-hydrogen) atoms. The van der Waals surface area contributed by atoms with Crippen molar-refractivity contribution < 1.29 is 4.74 Å². The van der Waals surface area contributed by atoms with Crippen LogP contribution >= 0.6 is 0 Å². The maximum atomic E-state index is 5.57. The first-order valence-electron chi connectivity index (χ1n) is 4.50. The van der Waals surface area contributed by atoms with Crippen molar-refractivity contribution in [3.63, 3.8) is 0 Å². The van der Waals surface area contributed by atoms with E-state index in [0.29, 0.717) is 12.0 Å². The van der Waals surface area contributed by atoms with E-state index < -0.39 is 0 Å². The predicted octanol–water partition coefficient (Wildman–Crippen LogP) is 2.52. The van der Waals surface area contributed by atoms with Crippen LogP contribution < -0.4 is 0 Å². The molecule has 0 saturated carbocycles. The zero-order chi connectivity index (χ0) is 8.06. The molecule has 0 amide bonds. The number of epoxide rings is 1. The monoisotopic (exact) mass is 152 g/mol. The Morgan fingerprint density at radius 2 is 2.36 bits per heavy atom. The second-order valence-electron chi connectivity index (χ2n) is 4.25. The molecule has 1 fully saturated rings. The molecule has 0 aromatic rings. The summed E-state index contributed by atoms with van der Waals surface area (Å²) in [5.41, 5.74) is 1.82. The van der Waals surface area contributed by atoms with Crippen LogP contribution in [-0.2, 0) is 4.74 Å². The number of rotatable bonds is 1. The highest BCUT2D eigenvalue weighted by Crippen LogP contribution is 2.46. The van der Waals surface area contributed by atoms with Gasteiger partial charge in [0, 0.05) is 0 Å². The molecule has 0 N–H and O–H groups in total. The molecular formula is C10H16O. The summed E-state index contributed by atoms with van der Waals surface area (Å²) in [6.45, 7) is 6.74. The first-order valence-corrected chi connectivity index (χ1v) is 4.50. The average molecular weight is 152 g/mol. The molecule has 2 aliphatic rings. The maximum Gasteiger partial charge on any atom is 0.105 e. The molecule has 1 aliphatic carbocycles. The zero-order valence-electron chi connectivity index (χ0n) is 7.55. The minimum atomic E-state index is 0.235. The van der Waals surface area contributed by atoms with Gasteiger partial charge in [-0.3, -0.25) is 0 Å². The molecule has 0 radical (unpaired) electrons. The topological polar surface area (TPSA) is 12.5 Å². The van der Waals surface area contributed by atoms with Crippen LogP contribution in [0, 0.1) is 5.92 Å². The highest BCUT2D eigenvalue weighted by Gasteiger charge is 2.52. The van der Waals surface area contributed by atoms with Crippen molar-refractivity contribution >= 4 is 0 Å². The van der Waals surface area contributed by atoms with Gasteiger partial charge in [0.2, 0.25) is 0 Å². The summed E-state index contributed by atoms with van der Waals surface area (Å²) < 4.78 is 5.57. The lowest BCUT2D eigenvalue weighted by Crippen LogP contribution is -2.15. The second-order valence-corrected chi connectivity index (χ2v) is 4.25. The number of fused-ring (bicyclic) bond motifs is 1. The van der Waals surface area contributed by atoms with Crippen LogP contribution in [0.1, 0.15) is 33.6 Å². The molecule has 1 aliphatic heterocycles. The van der Waals surface area contributed by atoms with Crippen molar-refractivity contribution in [1.29, 1.82) is 0 Å². The lowest BCUT2D eigenvalue weighted by atomic mass is 9.86. The van der Waals surface area contributed by atoms with Crippen molar-refractivity contribution in [2.75, 3.05) is 0 Å². The Labute approximate surface area is 68.4 Å². The Morgan fingerprint density at radius 1 is 1.64 bits per heavy atom. The van der Waals surface area contributed by atoms with Gasteiger partial charge in [0.1, 0.15) is 6.10 Å². The maximum absolute atomic E-state index is 5.57. The number of allylic oxidation sites excluding steroid dienone is 1. The Balaban J connectivity index is 2.11. The summed E-state index contributed by atoms with van der Waals surface area (Å²) >= 11 is 0. The van der Waals surface area contributed by atoms with Gasteiger partial charge >= 0.3 is 0 Å². The SMILES string of the molecule is CC(C)C1=C[C@@H]2O[C@]2(C)CC1. The largest absolute Gasteiger partial charge is 0.362 e. The van der Waals surface area contributed by atoms with E-state index in [2.05, 4.69) is 26.8 Å². The van der Waals surface area contributed by atoms with Gasteiger partial charge in [-0.25, -0.2) is 0 Å². The van der Waals surface area contributed by atoms with Gasteiger partial charge in [-0.1, -0.05) is 25.5 Å². The summed E-state index contributed by atoms with van der Waals surface area (Å²) in [6.07, 6.45) is 5.24. The molecule has 0 aromatic carbocycles. The molecular weight excluding hydrogens is 136 g/mol. The molecule has 62 valence electrons. The van der Waals surface area contributed by atoms with Gasteiger partial charge in [0.05, 0.1) is 5.60 Å². The normalized spacial score (nSPS) is 41.8. The highest BCUT2D eigenvalue weighted by molar-refractivity contribution is 5.23. The minimum Gasteiger partial charge on any atom is -0.362 e. The second kappa shape index (κ2) is 2.10. The van der Waals surface area contributed by atoms with Gasteiger partial charge < -0.3 is 4.74 Å². The van der Waals surface area contributed by atoms with Crippen LogP contribution in [0.5, 0.6) is 0 Å². The first-order chi connectivity index (χ1) is 5.12. The van der Waals surface area contributed by atoms with Crippen LogP contribution in [0.15, 0.2) is 11.6 Å². The van der Waals surface area contributed by atoms with E-state index in [-0.39, 0.29) is 5.60 Å². The van der Waals surface area contributed by atoms with Crippen molar-refractivity contribution in [3.8, 4) is 0 Å². The van der Waals surface area contributed by atoms with Gasteiger partial charge in [0.25, 0.3) is 0 Å². The zero-order valence-corrected chi connectivity index (χ0v) is 7.55. The molecule has 2 atom stereocenters. The third-order valence-electron chi connectivity index (χ3n) is 2.96. The molecule has 0 spiro atoms. The number of hydrogen-bond donors (Lipinski definition) is 0. The van der Waals surface area contributed by atoms with Crippen LogP contribution in [0.4, 0.5) is 0 Å². The van der Waals surface area contributed by atoms with Crippen molar-refractivity contribution in [3.05, 3.63) is 11.6 Å². The lowest BCUT2D eigenvalue weighted by Gasteiger charge is -2.16. The molecule has 2 rings (SSSR count). The summed E-state index contributed by atoms with van der Waals surface area (Å²) in [5, 5.41) is 0. The fraction of sp³-hybridized carbons (Fsp3) is 0.800. The summed E-state index contributed by atoms with van der Waals surface area (Å²) in [6, 6.07) is 0. The lowest BCUT2D eigenvalue weighted by molar-refractivity contribution is 0.305. The third kappa shape index (κ3) is 1.12. The van der Waals surface area contributed by atoms with Gasteiger partial charge in [-0.05, 0) is 25.7 Å². The van der Waals surface area contributed by atoms with E-state index in [9.17, 15) is 0 Å². The van der Waals surface area contributed by atoms with Crippen molar-refractivity contribution in [2.45, 2.75) is 45.3 Å². The standard InChI is InChI=1S/C10H16O/c1-7(2)8-4-5-10(3)9(6-8)11-10/h6-7,9H,4-5H2,1-3H3/t9-,10+/m0/s1. The van der Waals surface area contributed by atoms with E-state index >= 15 is 0 Å². The third-order valence-corrected chi connectivity index (χ3v) is 2.96. The smallest absolute Gasteiger partial charge is 0.105 e. The van der Waals surface area contributed by atoms with E-state index in [1.165, 1.54) is 12.8 Å². The number of hydrogen-bond acceptors (Lipinski definition) is 1. The van der Waals surface area contributed by atoms with Crippen LogP contribution in [0.2, 0.25) is 0 Å². The van der Waals surface area contributed by atoms with Crippen LogP contribution in [0.3, 0.4) is 0 Å². The van der Waals surface area contributed by atoms with Gasteiger partial charge in [-0.15, -0.1) is 0 Å². The molecule has 0 unspecified atom stereocenters. The predicted molar refractivity (Wildman–Crippen MR) is 45.4 cm³/mol. The molecule has 1 heterocycles. The van der Waals surface area contributed by atoms with E-state index in [1.54, 1.807) is 5.57 Å². The highest BCUT2D eigenvalue weighted by atomic mass is 16.6. The fourth-order valence-electron chi connectivity index (χ4n) is 1.82. The minimum absolute atomic E-state index is 0.235. The molecule has 1 nitrogen and oxygen atoms in total. The number of ether oxygens (including phenoxy) is 1. The summed E-state index contributed by atoms with van der Waals surface area (Å²) in [4.78, 5) is 0. The van der Waals surface area contributed by atoms with Gasteiger partial charge in [0.15, 0.2) is 0 Å². The van der Waals surface area contributed by atoms with Gasteiger partial charge in [-0.2, -0.15) is 0 Å². The molecule has 1 saturated heterocycles.